The molecule has 0 fully saturated rings. The molecule has 1 aromatic carbocycles. The Kier molecular flexibility index (Phi) is 2.22. The molecule has 0 amide bonds. The summed E-state index contributed by atoms with van der Waals surface area (Å²) in [4.78, 5) is 3.77. The molecule has 0 saturated carbocycles. The molecule has 0 aliphatic rings. The average molecular weight is 212 g/mol. The molecule has 0 spiro atoms. The summed E-state index contributed by atoms with van der Waals surface area (Å²) in [5.74, 6) is 0.253. The Labute approximate surface area is 83.4 Å². The van der Waals surface area contributed by atoms with Crippen LogP contribution in [0.25, 0.3) is 11.5 Å². The molecule has 2 rings (SSSR count). The van der Waals surface area contributed by atoms with Crippen molar-refractivity contribution in [3.63, 3.8) is 0 Å². The highest BCUT2D eigenvalue weighted by molar-refractivity contribution is 5.53. The largest absolute Gasteiger partial charge is 0.433 e. The molecule has 1 aromatic heterocycles. The van der Waals surface area contributed by atoms with Crippen LogP contribution in [0.5, 0.6) is 0 Å². The number of benzene rings is 1. The lowest BCUT2D eigenvalue weighted by molar-refractivity contribution is -0.137. The van der Waals surface area contributed by atoms with E-state index in [0.717, 1.165) is 12.1 Å². The van der Waals surface area contributed by atoms with Crippen LogP contribution in [0, 0.1) is 6.26 Å². The molecule has 5 heteroatoms. The molecule has 77 valence electrons. The van der Waals surface area contributed by atoms with Gasteiger partial charge in [0.25, 0.3) is 0 Å². The van der Waals surface area contributed by atoms with Gasteiger partial charge in [-0.2, -0.15) is 13.2 Å². The molecular formula is C10H5F3NO. The van der Waals surface area contributed by atoms with Crippen LogP contribution in [0.3, 0.4) is 0 Å². The second-order valence-corrected chi connectivity index (χ2v) is 2.86. The van der Waals surface area contributed by atoms with Crippen molar-refractivity contribution in [2.45, 2.75) is 6.18 Å². The fourth-order valence-electron chi connectivity index (χ4n) is 1.13. The molecular weight excluding hydrogens is 207 g/mol. The Morgan fingerprint density at radius 2 is 1.80 bits per heavy atom. The highest BCUT2D eigenvalue weighted by atomic mass is 19.4. The zero-order chi connectivity index (χ0) is 10.9. The van der Waals surface area contributed by atoms with Crippen molar-refractivity contribution in [1.29, 1.82) is 0 Å². The van der Waals surface area contributed by atoms with E-state index < -0.39 is 11.7 Å². The van der Waals surface area contributed by atoms with Crippen LogP contribution in [0.15, 0.2) is 34.9 Å². The van der Waals surface area contributed by atoms with Crippen LogP contribution in [0.2, 0.25) is 0 Å². The number of alkyl halides is 3. The standard InChI is InChI=1S/C10H5F3NO/c11-10(12,13)8-3-1-7(2-4-8)9-14-5-6-15-9/h1-5H. The number of halogens is 3. The van der Waals surface area contributed by atoms with Gasteiger partial charge in [-0.05, 0) is 24.3 Å². The topological polar surface area (TPSA) is 26.0 Å². The number of oxazole rings is 1. The van der Waals surface area contributed by atoms with Gasteiger partial charge in [0.2, 0.25) is 5.89 Å². The minimum atomic E-state index is -4.32. The van der Waals surface area contributed by atoms with Gasteiger partial charge in [-0.25, -0.2) is 4.98 Å². The highest BCUT2D eigenvalue weighted by Crippen LogP contribution is 2.30. The molecule has 0 atom stereocenters. The van der Waals surface area contributed by atoms with E-state index >= 15 is 0 Å². The van der Waals surface area contributed by atoms with Crippen molar-refractivity contribution in [3.05, 3.63) is 42.3 Å². The van der Waals surface area contributed by atoms with Gasteiger partial charge < -0.3 is 4.42 Å². The smallest absolute Gasteiger partial charge is 0.416 e. The van der Waals surface area contributed by atoms with Crippen LogP contribution >= 0.6 is 0 Å². The summed E-state index contributed by atoms with van der Waals surface area (Å²) in [5, 5.41) is 0. The quantitative estimate of drug-likeness (QED) is 0.725. The summed E-state index contributed by atoms with van der Waals surface area (Å²) in [6.45, 7) is 0. The van der Waals surface area contributed by atoms with Gasteiger partial charge in [0.15, 0.2) is 6.26 Å². The molecule has 0 aliphatic carbocycles. The van der Waals surface area contributed by atoms with Crippen LogP contribution < -0.4 is 0 Å². The second kappa shape index (κ2) is 3.42. The first-order valence-corrected chi connectivity index (χ1v) is 4.07. The van der Waals surface area contributed by atoms with Gasteiger partial charge in [-0.1, -0.05) is 0 Å². The summed E-state index contributed by atoms with van der Waals surface area (Å²) in [6.07, 6.45) is -0.641. The second-order valence-electron chi connectivity index (χ2n) is 2.86. The molecule has 15 heavy (non-hydrogen) atoms. The lowest BCUT2D eigenvalue weighted by Crippen LogP contribution is -2.03. The Bertz CT molecular complexity index is 431. The third kappa shape index (κ3) is 2.01. The van der Waals surface area contributed by atoms with Crippen molar-refractivity contribution in [3.8, 4) is 11.5 Å². The molecule has 1 radical (unpaired) electrons. The van der Waals surface area contributed by atoms with Gasteiger partial charge in [0.1, 0.15) is 0 Å². The van der Waals surface area contributed by atoms with Gasteiger partial charge in [-0.3, -0.25) is 0 Å². The summed E-state index contributed by atoms with van der Waals surface area (Å²) >= 11 is 0. The maximum atomic E-state index is 12.2. The number of rotatable bonds is 1. The summed E-state index contributed by atoms with van der Waals surface area (Å²) in [7, 11) is 0. The van der Waals surface area contributed by atoms with E-state index in [2.05, 4.69) is 11.2 Å². The number of hydrogen-bond acceptors (Lipinski definition) is 2. The zero-order valence-corrected chi connectivity index (χ0v) is 7.38. The van der Waals surface area contributed by atoms with Gasteiger partial charge in [-0.15, -0.1) is 0 Å². The van der Waals surface area contributed by atoms with Crippen molar-refractivity contribution in [1.82, 2.24) is 4.98 Å². The number of hydrogen-bond donors (Lipinski definition) is 0. The highest BCUT2D eigenvalue weighted by Gasteiger charge is 2.30. The van der Waals surface area contributed by atoms with Crippen molar-refractivity contribution < 1.29 is 17.6 Å². The normalized spacial score (nSPS) is 11.7. The third-order valence-electron chi connectivity index (χ3n) is 1.85. The van der Waals surface area contributed by atoms with Gasteiger partial charge in [0, 0.05) is 5.56 Å². The van der Waals surface area contributed by atoms with Crippen LogP contribution in [-0.4, -0.2) is 4.98 Å². The first-order chi connectivity index (χ1) is 7.07. The summed E-state index contributed by atoms with van der Waals surface area (Å²) in [6, 6.07) is 4.59. The molecule has 0 bridgehead atoms. The van der Waals surface area contributed by atoms with Crippen molar-refractivity contribution >= 4 is 0 Å². The summed E-state index contributed by atoms with van der Waals surface area (Å²) in [5.41, 5.74) is -0.203. The third-order valence-corrected chi connectivity index (χ3v) is 1.85. The average Bonchev–Trinajstić information content (AvgIpc) is 2.69. The lowest BCUT2D eigenvalue weighted by Gasteiger charge is -2.05. The minimum absolute atomic E-state index is 0.253. The van der Waals surface area contributed by atoms with E-state index in [1.807, 2.05) is 0 Å². The van der Waals surface area contributed by atoms with E-state index in [1.54, 1.807) is 0 Å². The van der Waals surface area contributed by atoms with Crippen LogP contribution in [0.1, 0.15) is 5.56 Å². The molecule has 1 heterocycles. The van der Waals surface area contributed by atoms with Crippen LogP contribution in [-0.2, 0) is 6.18 Å². The maximum absolute atomic E-state index is 12.2. The number of nitrogens with zero attached hydrogens (tertiary/aromatic N) is 1. The predicted molar refractivity (Wildman–Crippen MR) is 45.8 cm³/mol. The van der Waals surface area contributed by atoms with Crippen molar-refractivity contribution in [2.75, 3.05) is 0 Å². The molecule has 0 saturated heterocycles. The molecule has 0 unspecified atom stereocenters. The van der Waals surface area contributed by atoms with Gasteiger partial charge in [0.05, 0.1) is 11.8 Å². The van der Waals surface area contributed by atoms with E-state index in [1.165, 1.54) is 18.3 Å². The lowest BCUT2D eigenvalue weighted by atomic mass is 10.1. The van der Waals surface area contributed by atoms with E-state index in [9.17, 15) is 13.2 Å². The Morgan fingerprint density at radius 1 is 1.13 bits per heavy atom. The Hall–Kier alpha value is -1.78. The fraction of sp³-hybridized carbons (Fsp3) is 0.100. The SMILES string of the molecule is FC(F)(F)c1ccc(-c2nc[c]o2)cc1. The molecule has 0 aliphatic heterocycles. The van der Waals surface area contributed by atoms with Crippen LogP contribution in [0.4, 0.5) is 13.2 Å². The van der Waals surface area contributed by atoms with Gasteiger partial charge >= 0.3 is 6.18 Å². The fourth-order valence-corrected chi connectivity index (χ4v) is 1.13. The Balaban J connectivity index is 2.33. The predicted octanol–water partition coefficient (Wildman–Crippen LogP) is 3.16. The van der Waals surface area contributed by atoms with E-state index in [0.29, 0.717) is 5.56 Å². The van der Waals surface area contributed by atoms with E-state index in [4.69, 9.17) is 4.42 Å². The first kappa shape index (κ1) is 9.76. The Morgan fingerprint density at radius 3 is 2.27 bits per heavy atom. The summed E-state index contributed by atoms with van der Waals surface area (Å²) < 4.78 is 41.5. The zero-order valence-electron chi connectivity index (χ0n) is 7.38. The maximum Gasteiger partial charge on any atom is 0.416 e. The number of aromatic nitrogens is 1. The monoisotopic (exact) mass is 212 g/mol. The minimum Gasteiger partial charge on any atom is -0.433 e. The molecule has 0 N–H and O–H groups in total. The first-order valence-electron chi connectivity index (χ1n) is 4.07. The van der Waals surface area contributed by atoms with E-state index in [-0.39, 0.29) is 5.89 Å². The molecule has 2 nitrogen and oxygen atoms in total. The molecule has 2 aromatic rings. The van der Waals surface area contributed by atoms with Crippen molar-refractivity contribution in [2.24, 2.45) is 0 Å².